The third-order valence-electron chi connectivity index (χ3n) is 7.18. The number of halogens is 2. The van der Waals surface area contributed by atoms with Gasteiger partial charge in [-0.15, -0.1) is 0 Å². The number of carbonyl (C=O) groups is 2. The highest BCUT2D eigenvalue weighted by molar-refractivity contribution is 7.89. The van der Waals surface area contributed by atoms with Gasteiger partial charge < -0.3 is 20.0 Å². The molecule has 2 aromatic rings. The first-order valence-corrected chi connectivity index (χ1v) is 13.7. The fourth-order valence-electron chi connectivity index (χ4n) is 4.71. The van der Waals surface area contributed by atoms with Crippen LogP contribution >= 0.6 is 0 Å². The van der Waals surface area contributed by atoms with E-state index >= 15 is 0 Å². The van der Waals surface area contributed by atoms with Gasteiger partial charge in [0.05, 0.1) is 11.9 Å². The molecule has 2 aromatic heterocycles. The molecule has 2 aliphatic carbocycles. The van der Waals surface area contributed by atoms with Crippen molar-refractivity contribution in [2.24, 2.45) is 0 Å². The minimum atomic E-state index is -3.92. The van der Waals surface area contributed by atoms with Crippen molar-refractivity contribution in [1.29, 1.82) is 0 Å². The minimum absolute atomic E-state index is 0.0304. The first kappa shape index (κ1) is 25.6. The number of amides is 3. The van der Waals surface area contributed by atoms with Crippen LogP contribution in [-0.2, 0) is 10.0 Å². The number of aromatic nitrogens is 2. The van der Waals surface area contributed by atoms with E-state index in [9.17, 15) is 26.8 Å². The first-order chi connectivity index (χ1) is 17.3. The lowest BCUT2D eigenvalue weighted by Crippen LogP contribution is -2.51. The zero-order valence-corrected chi connectivity index (χ0v) is 21.8. The Hall–Kier alpha value is -3.00. The maximum atomic E-state index is 13.3. The number of nitrogens with zero attached hydrogens (tertiary/aromatic N) is 5. The van der Waals surface area contributed by atoms with Gasteiger partial charge in [0.25, 0.3) is 11.8 Å². The van der Waals surface area contributed by atoms with Gasteiger partial charge in [-0.3, -0.25) is 9.20 Å². The second-order valence-electron chi connectivity index (χ2n) is 10.6. The predicted octanol–water partition coefficient (Wildman–Crippen LogP) is 1.50. The number of piperazine rings is 1. The molecule has 0 unspecified atom stereocenters. The van der Waals surface area contributed by atoms with Crippen molar-refractivity contribution in [3.63, 3.8) is 0 Å². The summed E-state index contributed by atoms with van der Waals surface area (Å²) in [6.07, 6.45) is 3.26. The number of carbonyl (C=O) groups excluding carboxylic acids is 2. The second-order valence-corrected chi connectivity index (χ2v) is 12.3. The van der Waals surface area contributed by atoms with Crippen LogP contribution < -0.4 is 14.9 Å². The maximum Gasteiger partial charge on any atom is 0.319 e. The van der Waals surface area contributed by atoms with Crippen LogP contribution in [0.15, 0.2) is 23.4 Å². The van der Waals surface area contributed by atoms with Crippen molar-refractivity contribution in [3.05, 3.63) is 24.2 Å². The standard InChI is InChI=1S/C23H31F2N7O4S/c1-22(4-5-22)28-37(35,36)16-10-17(30-6-8-31(9-7-30)21(34)29(2)3)19-26-13-18(32(19)14-16)20(33)27-15-11-23(24,25)12-15/h10,13-15,28H,4-9,11-12H2,1-3H3,(H,27,33). The summed E-state index contributed by atoms with van der Waals surface area (Å²) in [4.78, 5) is 34.8. The summed E-state index contributed by atoms with van der Waals surface area (Å²) in [6.45, 7) is 3.57. The van der Waals surface area contributed by atoms with Crippen molar-refractivity contribution in [1.82, 2.24) is 29.2 Å². The highest BCUT2D eigenvalue weighted by Gasteiger charge is 2.46. The first-order valence-electron chi connectivity index (χ1n) is 12.2. The minimum Gasteiger partial charge on any atom is -0.365 e. The van der Waals surface area contributed by atoms with Crippen molar-refractivity contribution < 1.29 is 26.8 Å². The van der Waals surface area contributed by atoms with Crippen molar-refractivity contribution in [2.75, 3.05) is 45.2 Å². The number of pyridine rings is 1. The Labute approximate surface area is 213 Å². The Kier molecular flexibility index (Phi) is 6.09. The monoisotopic (exact) mass is 539 g/mol. The van der Waals surface area contributed by atoms with Crippen LogP contribution in [0.1, 0.15) is 43.1 Å². The average molecular weight is 540 g/mol. The molecule has 0 spiro atoms. The van der Waals surface area contributed by atoms with E-state index in [-0.39, 0.29) is 16.6 Å². The molecule has 1 saturated heterocycles. The molecule has 0 bridgehead atoms. The highest BCUT2D eigenvalue weighted by atomic mass is 32.2. The Morgan fingerprint density at radius 1 is 1.14 bits per heavy atom. The normalized spacial score (nSPS) is 21.0. The molecule has 2 saturated carbocycles. The van der Waals surface area contributed by atoms with Crippen LogP contribution in [0.2, 0.25) is 0 Å². The van der Waals surface area contributed by atoms with Gasteiger partial charge >= 0.3 is 6.03 Å². The summed E-state index contributed by atoms with van der Waals surface area (Å²) in [6, 6.07) is 0.774. The molecule has 14 heteroatoms. The summed E-state index contributed by atoms with van der Waals surface area (Å²) >= 11 is 0. The summed E-state index contributed by atoms with van der Waals surface area (Å²) in [7, 11) is -0.559. The van der Waals surface area contributed by atoms with Crippen LogP contribution in [0.25, 0.3) is 5.65 Å². The van der Waals surface area contributed by atoms with E-state index < -0.39 is 46.3 Å². The fourth-order valence-corrected chi connectivity index (χ4v) is 6.19. The number of sulfonamides is 1. The van der Waals surface area contributed by atoms with Gasteiger partial charge in [-0.25, -0.2) is 31.7 Å². The number of fused-ring (bicyclic) bond motifs is 1. The van der Waals surface area contributed by atoms with Gasteiger partial charge in [-0.2, -0.15) is 0 Å². The lowest BCUT2D eigenvalue weighted by molar-refractivity contribution is -0.0901. The molecular formula is C23H31F2N7O4S. The molecule has 2 N–H and O–H groups in total. The third-order valence-corrected chi connectivity index (χ3v) is 8.79. The predicted molar refractivity (Wildman–Crippen MR) is 131 cm³/mol. The van der Waals surface area contributed by atoms with Crippen LogP contribution in [-0.4, -0.2) is 97.3 Å². The van der Waals surface area contributed by atoms with Gasteiger partial charge in [0.15, 0.2) is 5.65 Å². The molecule has 5 rings (SSSR count). The molecule has 3 amide bonds. The van der Waals surface area contributed by atoms with E-state index in [4.69, 9.17) is 0 Å². The Balaban J connectivity index is 1.48. The van der Waals surface area contributed by atoms with E-state index in [0.29, 0.717) is 37.5 Å². The molecular weight excluding hydrogens is 508 g/mol. The second kappa shape index (κ2) is 8.79. The van der Waals surface area contributed by atoms with Gasteiger partial charge in [0.2, 0.25) is 10.0 Å². The number of urea groups is 1. The number of hydrogen-bond donors (Lipinski definition) is 2. The molecule has 1 aliphatic heterocycles. The smallest absolute Gasteiger partial charge is 0.319 e. The number of imidazole rings is 1. The summed E-state index contributed by atoms with van der Waals surface area (Å²) < 4.78 is 57.2. The van der Waals surface area contributed by atoms with E-state index in [0.717, 1.165) is 12.8 Å². The highest BCUT2D eigenvalue weighted by Crippen LogP contribution is 2.38. The lowest BCUT2D eigenvalue weighted by atomic mass is 9.88. The van der Waals surface area contributed by atoms with E-state index in [1.807, 2.05) is 11.8 Å². The van der Waals surface area contributed by atoms with E-state index in [1.54, 1.807) is 19.0 Å². The number of alkyl halides is 2. The summed E-state index contributed by atoms with van der Waals surface area (Å²) in [5, 5.41) is 2.59. The average Bonchev–Trinajstić information content (AvgIpc) is 3.36. The zero-order valence-electron chi connectivity index (χ0n) is 21.0. The number of hydrogen-bond acceptors (Lipinski definition) is 6. The Morgan fingerprint density at radius 3 is 2.35 bits per heavy atom. The maximum absolute atomic E-state index is 13.3. The van der Waals surface area contributed by atoms with Crippen molar-refractivity contribution in [3.8, 4) is 0 Å². The Morgan fingerprint density at radius 2 is 1.78 bits per heavy atom. The SMILES string of the molecule is CN(C)C(=O)N1CCN(c2cc(S(=O)(=O)NC3(C)CC3)cn3c(C(=O)NC4CC(F)(F)C4)cnc23)CC1. The number of rotatable bonds is 6. The molecule has 11 nitrogen and oxygen atoms in total. The van der Waals surface area contributed by atoms with Crippen LogP contribution in [0.3, 0.4) is 0 Å². The quantitative estimate of drug-likeness (QED) is 0.574. The molecule has 0 aromatic carbocycles. The topological polar surface area (TPSA) is 119 Å². The van der Waals surface area contributed by atoms with Crippen molar-refractivity contribution >= 4 is 33.3 Å². The van der Waals surface area contributed by atoms with Gasteiger partial charge in [-0.05, 0) is 25.8 Å². The number of nitrogens with one attached hydrogen (secondary N) is 2. The van der Waals surface area contributed by atoms with Gasteiger partial charge in [0, 0.05) is 70.9 Å². The molecule has 37 heavy (non-hydrogen) atoms. The fraction of sp³-hybridized carbons (Fsp3) is 0.609. The van der Waals surface area contributed by atoms with Gasteiger partial charge in [-0.1, -0.05) is 0 Å². The molecule has 202 valence electrons. The molecule has 3 aliphatic rings. The van der Waals surface area contributed by atoms with E-state index in [1.165, 1.54) is 27.8 Å². The largest absolute Gasteiger partial charge is 0.365 e. The van der Waals surface area contributed by atoms with Crippen molar-refractivity contribution in [2.45, 2.75) is 55.0 Å². The third kappa shape index (κ3) is 5.08. The number of anilines is 1. The van der Waals surface area contributed by atoms with E-state index in [2.05, 4.69) is 15.0 Å². The van der Waals surface area contributed by atoms with Crippen LogP contribution in [0.5, 0.6) is 0 Å². The molecule has 3 heterocycles. The summed E-state index contributed by atoms with van der Waals surface area (Å²) in [5.74, 6) is -3.39. The molecule has 0 atom stereocenters. The zero-order chi connectivity index (χ0) is 26.8. The van der Waals surface area contributed by atoms with Gasteiger partial charge in [0.1, 0.15) is 10.6 Å². The Bertz CT molecular complexity index is 1340. The van der Waals surface area contributed by atoms with Crippen LogP contribution in [0, 0.1) is 0 Å². The molecule has 3 fully saturated rings. The lowest BCUT2D eigenvalue weighted by Gasteiger charge is -2.37. The van der Waals surface area contributed by atoms with Crippen LogP contribution in [0.4, 0.5) is 19.3 Å². The summed E-state index contributed by atoms with van der Waals surface area (Å²) in [5.41, 5.74) is 0.433. The molecule has 0 radical (unpaired) electrons.